The van der Waals surface area contributed by atoms with Gasteiger partial charge in [0.05, 0.1) is 29.9 Å². The van der Waals surface area contributed by atoms with Gasteiger partial charge in [-0.05, 0) is 25.5 Å². The van der Waals surface area contributed by atoms with Gasteiger partial charge in [-0.2, -0.15) is 0 Å². The Morgan fingerprint density at radius 3 is 2.57 bits per heavy atom. The lowest BCUT2D eigenvalue weighted by atomic mass is 10.1. The van der Waals surface area contributed by atoms with Gasteiger partial charge in [0.25, 0.3) is 6.43 Å². The summed E-state index contributed by atoms with van der Waals surface area (Å²) in [5, 5.41) is 4.70. The van der Waals surface area contributed by atoms with Gasteiger partial charge in [0.2, 0.25) is 12.3 Å². The smallest absolute Gasteiger partial charge is 0.261 e. The number of ether oxygens (including phenoxy) is 1. The maximum Gasteiger partial charge on any atom is 0.261 e. The molecule has 37 heavy (non-hydrogen) atoms. The third kappa shape index (κ3) is 9.96. The minimum absolute atomic E-state index is 0.0133. The molecule has 2 amide bonds. The first-order valence-electron chi connectivity index (χ1n) is 11.9. The lowest BCUT2D eigenvalue weighted by Crippen LogP contribution is -2.48. The van der Waals surface area contributed by atoms with Crippen molar-refractivity contribution >= 4 is 45.8 Å². The van der Waals surface area contributed by atoms with Gasteiger partial charge in [-0.3, -0.25) is 19.6 Å². The molecular weight excluding hydrogens is 502 g/mol. The summed E-state index contributed by atoms with van der Waals surface area (Å²) in [4.78, 5) is 38.4. The molecule has 3 heterocycles. The number of aliphatic imine (C=N–C) groups is 1. The number of allylic oxidation sites excluding steroid dienone is 1. The van der Waals surface area contributed by atoms with E-state index in [2.05, 4.69) is 31.2 Å². The van der Waals surface area contributed by atoms with E-state index in [-0.39, 0.29) is 12.5 Å². The maximum absolute atomic E-state index is 12.1. The maximum atomic E-state index is 12.1. The van der Waals surface area contributed by atoms with Crippen molar-refractivity contribution in [2.24, 2.45) is 4.99 Å². The number of piperazine rings is 1. The summed E-state index contributed by atoms with van der Waals surface area (Å²) in [7, 11) is 1.57. The Labute approximate surface area is 220 Å². The Morgan fingerprint density at radius 1 is 1.30 bits per heavy atom. The van der Waals surface area contributed by atoms with Crippen LogP contribution in [0.2, 0.25) is 0 Å². The minimum atomic E-state index is -2.51. The van der Waals surface area contributed by atoms with E-state index in [0.717, 1.165) is 49.6 Å². The Balaban J connectivity index is 0.000000269. The van der Waals surface area contributed by atoms with Crippen LogP contribution in [0, 0.1) is 6.92 Å². The zero-order valence-corrected chi connectivity index (χ0v) is 22.4. The standard InChI is InChI=1S/C13H17F2N3O2S.C12H17N3O/c1-3-4-9(10(16-2)5-20-6-12(14)15)11-7-21-13(18-11)17-8-19;1-10-3-4-12(9-13-10)15-7-5-14(6-8-15)11(2)16/h4,7-8,12H,3,5-6H2,1-2H3,(H,17,18,19);3-4,9H,5-8H2,1-2H3/b9-4+,16-10?;. The third-order valence-electron chi connectivity index (χ3n) is 5.42. The SMILES string of the molecule is CC(=O)N1CCN(c2ccc(C)nc2)CC1.CC/C=C(\C(COCC(F)F)=NC)c1csc(NC=O)n1. The largest absolute Gasteiger partial charge is 0.369 e. The molecule has 0 aliphatic carbocycles. The number of carbonyl (C=O) groups excluding carboxylic acids is 2. The molecule has 2 aromatic rings. The van der Waals surface area contributed by atoms with E-state index < -0.39 is 13.0 Å². The van der Waals surface area contributed by atoms with Gasteiger partial charge in [-0.15, -0.1) is 11.3 Å². The van der Waals surface area contributed by atoms with Crippen LogP contribution in [0.25, 0.3) is 5.57 Å². The van der Waals surface area contributed by atoms with E-state index in [1.165, 1.54) is 11.3 Å². The molecule has 1 N–H and O–H groups in total. The zero-order valence-electron chi connectivity index (χ0n) is 21.6. The van der Waals surface area contributed by atoms with Gasteiger partial charge >= 0.3 is 0 Å². The second-order valence-corrected chi connectivity index (χ2v) is 8.91. The number of nitrogens with one attached hydrogen (secondary N) is 1. The van der Waals surface area contributed by atoms with Gasteiger partial charge in [0, 0.05) is 56.8 Å². The molecule has 12 heteroatoms. The number of amides is 2. The van der Waals surface area contributed by atoms with Crippen molar-refractivity contribution in [2.45, 2.75) is 33.6 Å². The number of nitrogens with zero attached hydrogens (tertiary/aromatic N) is 5. The van der Waals surface area contributed by atoms with Crippen LogP contribution in [-0.2, 0) is 14.3 Å². The molecule has 0 bridgehead atoms. The molecule has 3 rings (SSSR count). The number of anilines is 2. The molecule has 0 aromatic carbocycles. The van der Waals surface area contributed by atoms with E-state index in [0.29, 0.717) is 22.9 Å². The molecule has 202 valence electrons. The Morgan fingerprint density at radius 2 is 2.03 bits per heavy atom. The highest BCUT2D eigenvalue weighted by molar-refractivity contribution is 7.14. The minimum Gasteiger partial charge on any atom is -0.369 e. The quantitative estimate of drug-likeness (QED) is 0.365. The summed E-state index contributed by atoms with van der Waals surface area (Å²) in [6.07, 6.45) is 2.57. The fourth-order valence-corrected chi connectivity index (χ4v) is 4.19. The van der Waals surface area contributed by atoms with Gasteiger partial charge in [-0.1, -0.05) is 13.0 Å². The van der Waals surface area contributed by atoms with E-state index in [1.807, 2.05) is 37.1 Å². The van der Waals surface area contributed by atoms with Crippen molar-refractivity contribution < 1.29 is 23.1 Å². The van der Waals surface area contributed by atoms with Gasteiger partial charge < -0.3 is 19.9 Å². The molecule has 0 saturated carbocycles. The van der Waals surface area contributed by atoms with Crippen LogP contribution in [0.4, 0.5) is 19.6 Å². The Hall–Kier alpha value is -3.25. The summed E-state index contributed by atoms with van der Waals surface area (Å²) < 4.78 is 29.2. The van der Waals surface area contributed by atoms with Crippen LogP contribution < -0.4 is 10.2 Å². The molecule has 0 atom stereocenters. The van der Waals surface area contributed by atoms with Crippen LogP contribution >= 0.6 is 11.3 Å². The topological polar surface area (TPSA) is 100 Å². The van der Waals surface area contributed by atoms with Crippen molar-refractivity contribution in [2.75, 3.05) is 56.7 Å². The van der Waals surface area contributed by atoms with Crippen molar-refractivity contribution in [3.05, 3.63) is 41.2 Å². The fraction of sp³-hybridized carbons (Fsp3) is 0.480. The predicted octanol–water partition coefficient (Wildman–Crippen LogP) is 3.92. The van der Waals surface area contributed by atoms with E-state index in [4.69, 9.17) is 4.74 Å². The Bertz CT molecular complexity index is 1050. The number of pyridine rings is 1. The van der Waals surface area contributed by atoms with Crippen molar-refractivity contribution in [1.82, 2.24) is 14.9 Å². The third-order valence-corrected chi connectivity index (χ3v) is 6.19. The highest BCUT2D eigenvalue weighted by Gasteiger charge is 2.18. The highest BCUT2D eigenvalue weighted by atomic mass is 32.1. The molecule has 0 unspecified atom stereocenters. The zero-order chi connectivity index (χ0) is 27.2. The normalized spacial score (nSPS) is 14.4. The lowest BCUT2D eigenvalue weighted by Gasteiger charge is -2.35. The summed E-state index contributed by atoms with van der Waals surface area (Å²) in [5.74, 6) is 0.168. The first kappa shape index (κ1) is 30.0. The molecule has 1 aliphatic heterocycles. The van der Waals surface area contributed by atoms with Crippen LogP contribution in [0.3, 0.4) is 0 Å². The summed E-state index contributed by atoms with van der Waals surface area (Å²) in [5.41, 5.74) is 4.08. The molecule has 1 saturated heterocycles. The summed E-state index contributed by atoms with van der Waals surface area (Å²) in [6.45, 7) is 8.32. The Kier molecular flexibility index (Phi) is 12.8. The predicted molar refractivity (Wildman–Crippen MR) is 144 cm³/mol. The average molecular weight is 537 g/mol. The van der Waals surface area contributed by atoms with Crippen LogP contribution in [-0.4, -0.2) is 85.8 Å². The lowest BCUT2D eigenvalue weighted by molar-refractivity contribution is -0.129. The summed E-state index contributed by atoms with van der Waals surface area (Å²) in [6, 6.07) is 4.11. The average Bonchev–Trinajstić information content (AvgIpc) is 3.35. The van der Waals surface area contributed by atoms with E-state index >= 15 is 0 Å². The van der Waals surface area contributed by atoms with Gasteiger partial charge in [0.1, 0.15) is 6.61 Å². The number of aryl methyl sites for hydroxylation is 1. The number of aromatic nitrogens is 2. The number of halogens is 2. The molecule has 0 spiro atoms. The van der Waals surface area contributed by atoms with Crippen LogP contribution in [0.1, 0.15) is 31.7 Å². The second kappa shape index (κ2) is 15.8. The number of hydrogen-bond donors (Lipinski definition) is 1. The van der Waals surface area contributed by atoms with Crippen molar-refractivity contribution in [1.29, 1.82) is 0 Å². The highest BCUT2D eigenvalue weighted by Crippen LogP contribution is 2.23. The second-order valence-electron chi connectivity index (χ2n) is 8.05. The molecule has 9 nitrogen and oxygen atoms in total. The van der Waals surface area contributed by atoms with Gasteiger partial charge in [-0.25, -0.2) is 13.8 Å². The number of carbonyl (C=O) groups is 2. The molecule has 1 fully saturated rings. The molecule has 1 aliphatic rings. The van der Waals surface area contributed by atoms with Crippen LogP contribution in [0.15, 0.2) is 34.8 Å². The number of hydrogen-bond acceptors (Lipinski definition) is 8. The summed E-state index contributed by atoms with van der Waals surface area (Å²) >= 11 is 1.27. The first-order valence-corrected chi connectivity index (χ1v) is 12.8. The number of thiazole rings is 1. The number of alkyl halides is 2. The van der Waals surface area contributed by atoms with Crippen molar-refractivity contribution in [3.63, 3.8) is 0 Å². The first-order chi connectivity index (χ1) is 17.8. The molecule has 2 aromatic heterocycles. The molecular formula is C25H34F2N6O3S. The van der Waals surface area contributed by atoms with Gasteiger partial charge in [0.15, 0.2) is 5.13 Å². The number of rotatable bonds is 10. The van der Waals surface area contributed by atoms with Crippen LogP contribution in [0.5, 0.6) is 0 Å². The van der Waals surface area contributed by atoms with Crippen molar-refractivity contribution in [3.8, 4) is 0 Å². The van der Waals surface area contributed by atoms with E-state index in [9.17, 15) is 18.4 Å². The fourth-order valence-electron chi connectivity index (χ4n) is 3.52. The van der Waals surface area contributed by atoms with E-state index in [1.54, 1.807) is 19.4 Å². The monoisotopic (exact) mass is 536 g/mol. The molecule has 0 radical (unpaired) electrons.